The van der Waals surface area contributed by atoms with Gasteiger partial charge in [-0.05, 0) is 39.0 Å². The van der Waals surface area contributed by atoms with Gasteiger partial charge in [-0.2, -0.15) is 0 Å². The van der Waals surface area contributed by atoms with Gasteiger partial charge in [-0.25, -0.2) is 4.98 Å². The van der Waals surface area contributed by atoms with Gasteiger partial charge in [0, 0.05) is 20.0 Å². The maximum absolute atomic E-state index is 5.76. The minimum atomic E-state index is 0.0490. The van der Waals surface area contributed by atoms with Gasteiger partial charge in [0.2, 0.25) is 5.89 Å². The first-order valence-corrected chi connectivity index (χ1v) is 7.58. The molecule has 0 saturated heterocycles. The Morgan fingerprint density at radius 2 is 1.79 bits per heavy atom. The van der Waals surface area contributed by atoms with Gasteiger partial charge in [0.05, 0.1) is 12.7 Å². The van der Waals surface area contributed by atoms with Gasteiger partial charge in [0.1, 0.15) is 0 Å². The van der Waals surface area contributed by atoms with E-state index in [1.165, 1.54) is 0 Å². The number of hydrogen-bond donors (Lipinski definition) is 1. The lowest BCUT2D eigenvalue weighted by molar-refractivity contribution is 0.383. The van der Waals surface area contributed by atoms with Crippen molar-refractivity contribution in [3.63, 3.8) is 0 Å². The van der Waals surface area contributed by atoms with Gasteiger partial charge in [-0.3, -0.25) is 0 Å². The van der Waals surface area contributed by atoms with E-state index in [-0.39, 0.29) is 5.54 Å². The number of benzene rings is 1. The monoisotopic (exact) mass is 386 g/mol. The molecule has 0 unspecified atom stereocenters. The Hall–Kier alpha value is -0.650. The first kappa shape index (κ1) is 14.8. The zero-order chi connectivity index (χ0) is 14.0. The molecule has 1 aromatic carbocycles. The summed E-state index contributed by atoms with van der Waals surface area (Å²) in [6, 6.07) is 6.00. The summed E-state index contributed by atoms with van der Waals surface area (Å²) in [6.07, 6.45) is 1.76. The smallest absolute Gasteiger partial charge is 0.208 e. The van der Waals surface area contributed by atoms with Gasteiger partial charge < -0.3 is 9.73 Å². The van der Waals surface area contributed by atoms with E-state index >= 15 is 0 Å². The van der Waals surface area contributed by atoms with Crippen molar-refractivity contribution in [3.05, 3.63) is 39.2 Å². The predicted octanol–water partition coefficient (Wildman–Crippen LogP) is 4.75. The number of aromatic nitrogens is 1. The van der Waals surface area contributed by atoms with Crippen molar-refractivity contribution in [2.45, 2.75) is 32.9 Å². The molecule has 102 valence electrons. The van der Waals surface area contributed by atoms with Gasteiger partial charge in [-0.1, -0.05) is 31.9 Å². The summed E-state index contributed by atoms with van der Waals surface area (Å²) < 4.78 is 7.76. The second kappa shape index (κ2) is 5.77. The van der Waals surface area contributed by atoms with Crippen LogP contribution in [-0.2, 0) is 6.54 Å². The summed E-state index contributed by atoms with van der Waals surface area (Å²) >= 11 is 6.94. The highest BCUT2D eigenvalue weighted by atomic mass is 79.9. The minimum absolute atomic E-state index is 0.0490. The maximum Gasteiger partial charge on any atom is 0.208 e. The van der Waals surface area contributed by atoms with E-state index in [2.05, 4.69) is 62.9 Å². The third-order valence-corrected chi connectivity index (χ3v) is 3.39. The molecule has 0 radical (unpaired) electrons. The molecule has 1 heterocycles. The van der Waals surface area contributed by atoms with Crippen LogP contribution in [0.1, 0.15) is 26.7 Å². The summed E-state index contributed by atoms with van der Waals surface area (Å²) in [5, 5.41) is 3.35. The number of nitrogens with one attached hydrogen (secondary N) is 1. The van der Waals surface area contributed by atoms with Crippen LogP contribution in [0, 0.1) is 0 Å². The highest BCUT2D eigenvalue weighted by molar-refractivity contribution is 9.11. The van der Waals surface area contributed by atoms with Crippen LogP contribution in [0.5, 0.6) is 0 Å². The Labute approximate surface area is 130 Å². The predicted molar refractivity (Wildman–Crippen MR) is 83.9 cm³/mol. The molecule has 0 aliphatic carbocycles. The van der Waals surface area contributed by atoms with E-state index in [1.807, 2.05) is 18.2 Å². The molecular formula is C14H16Br2N2O. The summed E-state index contributed by atoms with van der Waals surface area (Å²) in [6.45, 7) is 6.96. The molecule has 0 aliphatic rings. The fourth-order valence-corrected chi connectivity index (χ4v) is 2.86. The van der Waals surface area contributed by atoms with Crippen molar-refractivity contribution < 1.29 is 4.42 Å². The Morgan fingerprint density at radius 3 is 2.37 bits per heavy atom. The molecule has 0 fully saturated rings. The lowest BCUT2D eigenvalue weighted by Crippen LogP contribution is -2.35. The number of hydrogen-bond acceptors (Lipinski definition) is 3. The largest absolute Gasteiger partial charge is 0.439 e. The molecule has 19 heavy (non-hydrogen) atoms. The lowest BCUT2D eigenvalue weighted by atomic mass is 10.1. The van der Waals surface area contributed by atoms with Crippen LogP contribution in [0.25, 0.3) is 11.3 Å². The molecule has 0 amide bonds. The Kier molecular flexibility index (Phi) is 4.48. The average Bonchev–Trinajstić information content (AvgIpc) is 2.72. The van der Waals surface area contributed by atoms with Gasteiger partial charge in [0.25, 0.3) is 0 Å². The quantitative estimate of drug-likeness (QED) is 0.825. The lowest BCUT2D eigenvalue weighted by Gasteiger charge is -2.18. The van der Waals surface area contributed by atoms with E-state index in [1.54, 1.807) is 6.20 Å². The van der Waals surface area contributed by atoms with Gasteiger partial charge in [0.15, 0.2) is 5.76 Å². The molecule has 0 bridgehead atoms. The number of rotatable bonds is 3. The molecule has 1 aromatic heterocycles. The molecule has 2 rings (SSSR count). The standard InChI is InChI=1S/C14H16Br2N2O/c1-14(2,3)18-8-13-17-7-12(19-13)9-4-10(15)6-11(16)5-9/h4-7,18H,8H2,1-3H3. The highest BCUT2D eigenvalue weighted by Crippen LogP contribution is 2.28. The third kappa shape index (κ3) is 4.44. The second-order valence-corrected chi connectivity index (χ2v) is 7.21. The summed E-state index contributed by atoms with van der Waals surface area (Å²) in [5.74, 6) is 1.47. The van der Waals surface area contributed by atoms with Crippen LogP contribution in [0.3, 0.4) is 0 Å². The van der Waals surface area contributed by atoms with E-state index in [9.17, 15) is 0 Å². The first-order valence-electron chi connectivity index (χ1n) is 6.00. The Morgan fingerprint density at radius 1 is 1.16 bits per heavy atom. The molecule has 2 aromatic rings. The molecule has 0 saturated carbocycles. The summed E-state index contributed by atoms with van der Waals surface area (Å²) in [5.41, 5.74) is 1.05. The highest BCUT2D eigenvalue weighted by Gasteiger charge is 2.12. The minimum Gasteiger partial charge on any atom is -0.439 e. The van der Waals surface area contributed by atoms with Crippen molar-refractivity contribution >= 4 is 31.9 Å². The van der Waals surface area contributed by atoms with E-state index in [4.69, 9.17) is 4.42 Å². The van der Waals surface area contributed by atoms with Crippen LogP contribution in [0.15, 0.2) is 37.8 Å². The number of nitrogens with zero attached hydrogens (tertiary/aromatic N) is 1. The van der Waals surface area contributed by atoms with Crippen LogP contribution in [0.2, 0.25) is 0 Å². The van der Waals surface area contributed by atoms with E-state index < -0.39 is 0 Å². The molecule has 0 atom stereocenters. The SMILES string of the molecule is CC(C)(C)NCc1ncc(-c2cc(Br)cc(Br)c2)o1. The molecule has 0 aliphatic heterocycles. The summed E-state index contributed by atoms with van der Waals surface area (Å²) in [4.78, 5) is 4.30. The van der Waals surface area contributed by atoms with Gasteiger partial charge >= 0.3 is 0 Å². The maximum atomic E-state index is 5.76. The third-order valence-electron chi connectivity index (χ3n) is 2.47. The zero-order valence-electron chi connectivity index (χ0n) is 11.1. The normalized spacial score (nSPS) is 11.8. The van der Waals surface area contributed by atoms with Crippen molar-refractivity contribution in [3.8, 4) is 11.3 Å². The Bertz CT molecular complexity index is 553. The van der Waals surface area contributed by atoms with E-state index in [0.717, 1.165) is 20.3 Å². The zero-order valence-corrected chi connectivity index (χ0v) is 14.3. The van der Waals surface area contributed by atoms with E-state index in [0.29, 0.717) is 12.4 Å². The van der Waals surface area contributed by atoms with Crippen molar-refractivity contribution in [2.24, 2.45) is 0 Å². The van der Waals surface area contributed by atoms with Gasteiger partial charge in [-0.15, -0.1) is 0 Å². The summed E-state index contributed by atoms with van der Waals surface area (Å²) in [7, 11) is 0. The van der Waals surface area contributed by atoms with Crippen LogP contribution in [0.4, 0.5) is 0 Å². The fraction of sp³-hybridized carbons (Fsp3) is 0.357. The topological polar surface area (TPSA) is 38.1 Å². The van der Waals surface area contributed by atoms with Crippen molar-refractivity contribution in [1.29, 1.82) is 0 Å². The number of oxazole rings is 1. The number of halogens is 2. The van der Waals surface area contributed by atoms with Crippen molar-refractivity contribution in [1.82, 2.24) is 10.3 Å². The Balaban J connectivity index is 2.16. The molecular weight excluding hydrogens is 372 g/mol. The van der Waals surface area contributed by atoms with Crippen LogP contribution in [-0.4, -0.2) is 10.5 Å². The second-order valence-electron chi connectivity index (χ2n) is 5.38. The van der Waals surface area contributed by atoms with Crippen LogP contribution >= 0.6 is 31.9 Å². The molecule has 3 nitrogen and oxygen atoms in total. The first-order chi connectivity index (χ1) is 8.83. The molecule has 5 heteroatoms. The molecule has 1 N–H and O–H groups in total. The van der Waals surface area contributed by atoms with Crippen LogP contribution < -0.4 is 5.32 Å². The average molecular weight is 388 g/mol. The molecule has 0 spiro atoms. The fourth-order valence-electron chi connectivity index (χ4n) is 1.56. The van der Waals surface area contributed by atoms with Crippen molar-refractivity contribution in [2.75, 3.05) is 0 Å².